The first-order valence-corrected chi connectivity index (χ1v) is 10.5. The number of hydrogen-bond donors (Lipinski definition) is 2. The molecule has 2 aromatic carbocycles. The van der Waals surface area contributed by atoms with Gasteiger partial charge in [-0.2, -0.15) is 0 Å². The molecule has 0 bridgehead atoms. The van der Waals surface area contributed by atoms with Crippen molar-refractivity contribution in [3.8, 4) is 11.5 Å². The van der Waals surface area contributed by atoms with E-state index in [1.807, 2.05) is 36.4 Å². The summed E-state index contributed by atoms with van der Waals surface area (Å²) in [5, 5.41) is 17.1. The van der Waals surface area contributed by atoms with Gasteiger partial charge in [0.2, 0.25) is 0 Å². The van der Waals surface area contributed by atoms with Crippen molar-refractivity contribution in [3.05, 3.63) is 55.7 Å². The number of benzene rings is 2. The summed E-state index contributed by atoms with van der Waals surface area (Å²) in [7, 11) is 2.57. The average Bonchev–Trinajstić information content (AvgIpc) is 2.71. The number of phenolic OH excluding ortho intramolecular Hbond substituents is 1. The zero-order chi connectivity index (χ0) is 22.4. The molecule has 0 saturated heterocycles. The first kappa shape index (κ1) is 27.4. The molecule has 0 spiro atoms. The summed E-state index contributed by atoms with van der Waals surface area (Å²) in [6.07, 6.45) is -1.56. The first-order valence-electron chi connectivity index (χ1n) is 8.31. The molecule has 29 heavy (non-hydrogen) atoms. The van der Waals surface area contributed by atoms with Crippen LogP contribution in [0.15, 0.2) is 48.5 Å². The van der Waals surface area contributed by atoms with E-state index in [1.54, 1.807) is 19.1 Å². The fourth-order valence-electron chi connectivity index (χ4n) is 1.54. The molecule has 0 aromatic heterocycles. The number of ether oxygens (including phenoxy) is 3. The van der Waals surface area contributed by atoms with Gasteiger partial charge in [-0.1, -0.05) is 0 Å². The highest BCUT2D eigenvalue weighted by molar-refractivity contribution is 14.1. The summed E-state index contributed by atoms with van der Waals surface area (Å²) < 4.78 is 16.3. The monoisotopic (exact) mass is 630 g/mol. The molecule has 0 aliphatic carbocycles. The molecule has 0 amide bonds. The third-order valence-corrected chi connectivity index (χ3v) is 4.47. The quantitative estimate of drug-likeness (QED) is 0.392. The number of rotatable bonds is 4. The summed E-state index contributed by atoms with van der Waals surface area (Å²) in [5.41, 5.74) is 0. The number of phenols is 1. The Morgan fingerprint density at radius 2 is 1.24 bits per heavy atom. The maximum Gasteiger partial charge on any atom is 0.346 e. The van der Waals surface area contributed by atoms with Gasteiger partial charge in [0.15, 0.2) is 6.10 Å². The van der Waals surface area contributed by atoms with Gasteiger partial charge in [0.1, 0.15) is 17.6 Å². The second kappa shape index (κ2) is 15.3. The first-order chi connectivity index (χ1) is 13.6. The molecule has 0 aliphatic heterocycles. The second-order valence-electron chi connectivity index (χ2n) is 5.41. The van der Waals surface area contributed by atoms with Crippen molar-refractivity contribution < 1.29 is 34.0 Å². The third kappa shape index (κ3) is 13.3. The number of carbonyl (C=O) groups is 2. The minimum atomic E-state index is -0.995. The van der Waals surface area contributed by atoms with Crippen LogP contribution in [0.3, 0.4) is 0 Å². The lowest BCUT2D eigenvalue weighted by molar-refractivity contribution is -0.149. The molecule has 0 fully saturated rings. The molecular formula is C20H24I2O7. The van der Waals surface area contributed by atoms with Crippen molar-refractivity contribution in [2.45, 2.75) is 26.1 Å². The SMILES string of the molecule is COC(=O)[C@@H](C)O.COC(=O)[C@H](C)Oc1ccc(I)cc1.Oc1ccc(I)cc1. The van der Waals surface area contributed by atoms with E-state index in [9.17, 15) is 9.59 Å². The van der Waals surface area contributed by atoms with Crippen LogP contribution in [0.4, 0.5) is 0 Å². The van der Waals surface area contributed by atoms with E-state index < -0.39 is 18.2 Å². The van der Waals surface area contributed by atoms with Crippen molar-refractivity contribution in [3.63, 3.8) is 0 Å². The minimum absolute atomic E-state index is 0.324. The van der Waals surface area contributed by atoms with Crippen LogP contribution in [0.5, 0.6) is 11.5 Å². The molecule has 0 radical (unpaired) electrons. The van der Waals surface area contributed by atoms with Gasteiger partial charge in [0, 0.05) is 7.14 Å². The van der Waals surface area contributed by atoms with Gasteiger partial charge in [-0.3, -0.25) is 0 Å². The van der Waals surface area contributed by atoms with Crippen LogP contribution in [0.1, 0.15) is 13.8 Å². The summed E-state index contributed by atoms with van der Waals surface area (Å²) in [6.45, 7) is 3.01. The van der Waals surface area contributed by atoms with Crippen molar-refractivity contribution >= 4 is 57.1 Å². The van der Waals surface area contributed by atoms with Gasteiger partial charge in [0.25, 0.3) is 0 Å². The maximum atomic E-state index is 11.0. The second-order valence-corrected chi connectivity index (χ2v) is 7.90. The Bertz CT molecular complexity index is 710. The molecule has 160 valence electrons. The highest BCUT2D eigenvalue weighted by Gasteiger charge is 2.14. The number of esters is 2. The van der Waals surface area contributed by atoms with E-state index in [-0.39, 0.29) is 5.97 Å². The van der Waals surface area contributed by atoms with E-state index in [2.05, 4.69) is 54.7 Å². The van der Waals surface area contributed by atoms with Crippen LogP contribution in [-0.4, -0.2) is 48.6 Å². The fraction of sp³-hybridized carbons (Fsp3) is 0.300. The van der Waals surface area contributed by atoms with Gasteiger partial charge in [-0.25, -0.2) is 9.59 Å². The van der Waals surface area contributed by atoms with Crippen LogP contribution in [-0.2, 0) is 19.1 Å². The van der Waals surface area contributed by atoms with E-state index >= 15 is 0 Å². The van der Waals surface area contributed by atoms with E-state index in [1.165, 1.54) is 21.1 Å². The molecule has 7 nitrogen and oxygen atoms in total. The zero-order valence-electron chi connectivity index (χ0n) is 16.5. The molecule has 9 heteroatoms. The number of methoxy groups -OCH3 is 2. The van der Waals surface area contributed by atoms with E-state index in [0.717, 1.165) is 7.14 Å². The predicted molar refractivity (Wildman–Crippen MR) is 126 cm³/mol. The third-order valence-electron chi connectivity index (χ3n) is 3.03. The summed E-state index contributed by atoms with van der Waals surface area (Å²) in [5.74, 6) is 0.0253. The standard InChI is InChI=1S/C10H11IO3.C6H5IO.C4H8O3/c1-7(10(12)13-2)14-9-5-3-8(11)4-6-9;7-5-1-3-6(8)4-2-5;1-3(5)4(6)7-2/h3-7H,1-2H3;1-4,8H;3,5H,1-2H3/t7-;;3-/m0.1/s1. The average molecular weight is 630 g/mol. The van der Waals surface area contributed by atoms with Gasteiger partial charge >= 0.3 is 11.9 Å². The van der Waals surface area contributed by atoms with Gasteiger partial charge in [-0.05, 0) is 108 Å². The molecule has 0 unspecified atom stereocenters. The van der Waals surface area contributed by atoms with Crippen molar-refractivity contribution in [1.29, 1.82) is 0 Å². The number of aliphatic hydroxyl groups is 1. The maximum absolute atomic E-state index is 11.0. The highest BCUT2D eigenvalue weighted by Crippen LogP contribution is 2.15. The number of halogens is 2. The Morgan fingerprint density at radius 1 is 0.828 bits per heavy atom. The molecule has 2 rings (SSSR count). The Hall–Kier alpha value is -1.60. The molecule has 0 saturated carbocycles. The number of carbonyl (C=O) groups excluding carboxylic acids is 2. The topological polar surface area (TPSA) is 102 Å². The summed E-state index contributed by atoms with van der Waals surface area (Å²) >= 11 is 4.39. The number of hydrogen-bond acceptors (Lipinski definition) is 7. The predicted octanol–water partition coefficient (Wildman–Crippen LogP) is 3.77. The zero-order valence-corrected chi connectivity index (χ0v) is 20.8. The normalized spacial score (nSPS) is 11.4. The molecule has 2 aromatic rings. The largest absolute Gasteiger partial charge is 0.508 e. The summed E-state index contributed by atoms with van der Waals surface area (Å²) in [4.78, 5) is 21.1. The molecule has 2 N–H and O–H groups in total. The molecule has 0 heterocycles. The van der Waals surface area contributed by atoms with Crippen LogP contribution in [0.2, 0.25) is 0 Å². The Morgan fingerprint density at radius 3 is 1.55 bits per heavy atom. The molecular weight excluding hydrogens is 606 g/mol. The van der Waals surface area contributed by atoms with Gasteiger partial charge in [0.05, 0.1) is 14.2 Å². The van der Waals surface area contributed by atoms with Gasteiger partial charge < -0.3 is 24.4 Å². The smallest absolute Gasteiger partial charge is 0.346 e. The number of aromatic hydroxyl groups is 1. The van der Waals surface area contributed by atoms with Crippen molar-refractivity contribution in [2.24, 2.45) is 0 Å². The molecule has 0 aliphatic rings. The Kier molecular flexibility index (Phi) is 14.4. The van der Waals surface area contributed by atoms with Crippen molar-refractivity contribution in [1.82, 2.24) is 0 Å². The fourth-order valence-corrected chi connectivity index (χ4v) is 2.26. The summed E-state index contributed by atoms with van der Waals surface area (Å²) in [6, 6.07) is 14.5. The van der Waals surface area contributed by atoms with Gasteiger partial charge in [-0.15, -0.1) is 0 Å². The lowest BCUT2D eigenvalue weighted by atomic mass is 10.3. The van der Waals surface area contributed by atoms with Crippen LogP contribution in [0, 0.1) is 7.14 Å². The number of aliphatic hydroxyl groups excluding tert-OH is 1. The van der Waals surface area contributed by atoms with E-state index in [0.29, 0.717) is 11.5 Å². The van der Waals surface area contributed by atoms with Crippen LogP contribution < -0.4 is 4.74 Å². The van der Waals surface area contributed by atoms with E-state index in [4.69, 9.17) is 14.9 Å². The van der Waals surface area contributed by atoms with Crippen molar-refractivity contribution in [2.75, 3.05) is 14.2 Å². The lowest BCUT2D eigenvalue weighted by Crippen LogP contribution is -2.24. The molecule has 2 atom stereocenters. The highest BCUT2D eigenvalue weighted by atomic mass is 127. The van der Waals surface area contributed by atoms with Crippen LogP contribution >= 0.6 is 45.2 Å². The lowest BCUT2D eigenvalue weighted by Gasteiger charge is -2.11. The van der Waals surface area contributed by atoms with Crippen LogP contribution in [0.25, 0.3) is 0 Å². The Labute approximate surface area is 197 Å². The minimum Gasteiger partial charge on any atom is -0.508 e. The Balaban J connectivity index is 0.000000444.